The molecule has 0 aromatic carbocycles. The third-order valence-corrected chi connectivity index (χ3v) is 2.20. The van der Waals surface area contributed by atoms with E-state index in [4.69, 9.17) is 5.11 Å². The van der Waals surface area contributed by atoms with Crippen molar-refractivity contribution in [3.63, 3.8) is 0 Å². The number of hydrogen-bond donors (Lipinski definition) is 3. The average molecular weight is 249 g/mol. The monoisotopic (exact) mass is 249 g/mol. The van der Waals surface area contributed by atoms with Gasteiger partial charge in [-0.05, 0) is 6.07 Å². The number of aryl methyl sites for hydroxylation is 1. The van der Waals surface area contributed by atoms with Gasteiger partial charge in [-0.15, -0.1) is 0 Å². The van der Waals surface area contributed by atoms with E-state index in [1.165, 1.54) is 6.07 Å². The number of amides is 1. The zero-order valence-electron chi connectivity index (χ0n) is 9.33. The first-order valence-electron chi connectivity index (χ1n) is 5.21. The van der Waals surface area contributed by atoms with Gasteiger partial charge < -0.3 is 10.4 Å². The molecule has 3 N–H and O–H groups in total. The Hall–Kier alpha value is -2.64. The number of aromatic nitrogens is 4. The molecule has 0 bridgehead atoms. The fraction of sp³-hybridized carbons (Fsp3) is 0.200. The molecule has 2 heterocycles. The van der Waals surface area contributed by atoms with Crippen molar-refractivity contribution in [2.45, 2.75) is 13.0 Å². The number of anilines is 1. The second-order valence-electron chi connectivity index (χ2n) is 3.54. The van der Waals surface area contributed by atoms with E-state index < -0.39 is 5.97 Å². The molecule has 94 valence electrons. The van der Waals surface area contributed by atoms with Gasteiger partial charge in [-0.1, -0.05) is 0 Å². The molecule has 2 aromatic heterocycles. The predicted molar refractivity (Wildman–Crippen MR) is 61.0 cm³/mol. The molecule has 2 aromatic rings. The molecule has 0 saturated carbocycles. The molecule has 0 unspecified atom stereocenters. The van der Waals surface area contributed by atoms with Crippen LogP contribution in [0.5, 0.6) is 0 Å². The number of nitrogens with one attached hydrogen (secondary N) is 2. The molecule has 0 spiro atoms. The minimum absolute atomic E-state index is 0.0719. The number of aromatic amines is 1. The van der Waals surface area contributed by atoms with Crippen LogP contribution in [0.15, 0.2) is 24.5 Å². The van der Waals surface area contributed by atoms with Gasteiger partial charge in [0.15, 0.2) is 5.82 Å². The average Bonchev–Trinajstić information content (AvgIpc) is 2.96. The third-order valence-electron chi connectivity index (χ3n) is 2.20. The minimum atomic E-state index is -1.13. The molecule has 18 heavy (non-hydrogen) atoms. The first kappa shape index (κ1) is 11.8. The van der Waals surface area contributed by atoms with Crippen LogP contribution in [0.25, 0.3) is 0 Å². The van der Waals surface area contributed by atoms with Gasteiger partial charge in [0.2, 0.25) is 5.91 Å². The van der Waals surface area contributed by atoms with Crippen molar-refractivity contribution >= 4 is 17.7 Å². The Bertz CT molecular complexity index is 546. The number of carbonyl (C=O) groups excluding carboxylic acids is 1. The Morgan fingerprint density at radius 1 is 1.50 bits per heavy atom. The second-order valence-corrected chi connectivity index (χ2v) is 3.54. The molecule has 8 heteroatoms. The summed E-state index contributed by atoms with van der Waals surface area (Å²) in [5, 5.41) is 21.1. The van der Waals surface area contributed by atoms with Crippen LogP contribution in [0, 0.1) is 0 Å². The minimum Gasteiger partial charge on any atom is -0.477 e. The Kier molecular flexibility index (Phi) is 3.37. The Labute approximate surface area is 102 Å². The second kappa shape index (κ2) is 5.13. The Morgan fingerprint density at radius 2 is 2.33 bits per heavy atom. The molecule has 0 aliphatic carbocycles. The molecule has 0 radical (unpaired) electrons. The molecule has 0 atom stereocenters. The summed E-state index contributed by atoms with van der Waals surface area (Å²) in [5.41, 5.74) is -0.0719. The first-order chi connectivity index (χ1) is 8.65. The number of nitrogens with zero attached hydrogens (tertiary/aromatic N) is 3. The zero-order valence-corrected chi connectivity index (χ0v) is 9.33. The van der Waals surface area contributed by atoms with Crippen molar-refractivity contribution in [3.8, 4) is 0 Å². The van der Waals surface area contributed by atoms with Crippen molar-refractivity contribution < 1.29 is 14.7 Å². The standard InChI is InChI=1S/C10H11N5O3/c16-9(2-5-15-4-1-3-11-15)12-8-6-7(10(17)18)13-14-8/h1,3-4,6H,2,5H2,(H,17,18)(H2,12,13,14,16). The topological polar surface area (TPSA) is 113 Å². The van der Waals surface area contributed by atoms with Crippen molar-refractivity contribution in [3.05, 3.63) is 30.2 Å². The van der Waals surface area contributed by atoms with E-state index in [0.717, 1.165) is 0 Å². The number of hydrogen-bond acceptors (Lipinski definition) is 4. The first-order valence-corrected chi connectivity index (χ1v) is 5.21. The maximum Gasteiger partial charge on any atom is 0.353 e. The summed E-state index contributed by atoms with van der Waals surface area (Å²) < 4.78 is 1.63. The summed E-state index contributed by atoms with van der Waals surface area (Å²) in [6.45, 7) is 0.453. The van der Waals surface area contributed by atoms with E-state index >= 15 is 0 Å². The highest BCUT2D eigenvalue weighted by molar-refractivity contribution is 5.92. The van der Waals surface area contributed by atoms with Crippen molar-refractivity contribution in [1.82, 2.24) is 20.0 Å². The molecule has 1 amide bonds. The summed E-state index contributed by atoms with van der Waals surface area (Å²) in [6.07, 6.45) is 3.62. The lowest BCUT2D eigenvalue weighted by Crippen LogP contribution is -2.14. The fourth-order valence-electron chi connectivity index (χ4n) is 1.35. The lowest BCUT2D eigenvalue weighted by molar-refractivity contribution is -0.116. The summed E-state index contributed by atoms with van der Waals surface area (Å²) in [4.78, 5) is 22.1. The number of aromatic carboxylic acids is 1. The molecule has 8 nitrogen and oxygen atoms in total. The van der Waals surface area contributed by atoms with Crippen LogP contribution in [-0.4, -0.2) is 37.0 Å². The summed E-state index contributed by atoms with van der Waals surface area (Å²) >= 11 is 0. The zero-order chi connectivity index (χ0) is 13.0. The van der Waals surface area contributed by atoms with Crippen LogP contribution in [0.3, 0.4) is 0 Å². The van der Waals surface area contributed by atoms with Crippen LogP contribution < -0.4 is 5.32 Å². The molecule has 0 fully saturated rings. The highest BCUT2D eigenvalue weighted by Gasteiger charge is 2.09. The smallest absolute Gasteiger partial charge is 0.353 e. The van der Waals surface area contributed by atoms with E-state index in [9.17, 15) is 9.59 Å². The SMILES string of the molecule is O=C(CCn1cccn1)Nc1cc(C(=O)O)[nH]n1. The van der Waals surface area contributed by atoms with Crippen LogP contribution in [0.4, 0.5) is 5.82 Å². The lowest BCUT2D eigenvalue weighted by atomic mass is 10.4. The summed E-state index contributed by atoms with van der Waals surface area (Å²) in [7, 11) is 0. The van der Waals surface area contributed by atoms with Crippen molar-refractivity contribution in [2.24, 2.45) is 0 Å². The van der Waals surface area contributed by atoms with Gasteiger partial charge in [-0.25, -0.2) is 4.79 Å². The van der Waals surface area contributed by atoms with E-state index in [0.29, 0.717) is 6.54 Å². The Balaban J connectivity index is 1.85. The summed E-state index contributed by atoms with van der Waals surface area (Å²) in [6, 6.07) is 3.03. The fourth-order valence-corrected chi connectivity index (χ4v) is 1.35. The van der Waals surface area contributed by atoms with Crippen LogP contribution in [-0.2, 0) is 11.3 Å². The highest BCUT2D eigenvalue weighted by atomic mass is 16.4. The lowest BCUT2D eigenvalue weighted by Gasteiger charge is -2.01. The number of carbonyl (C=O) groups is 2. The predicted octanol–water partition coefficient (Wildman–Crippen LogP) is 0.333. The number of carboxylic acids is 1. The highest BCUT2D eigenvalue weighted by Crippen LogP contribution is 2.05. The molecule has 0 saturated heterocycles. The molecular formula is C10H11N5O3. The van der Waals surface area contributed by atoms with E-state index in [1.54, 1.807) is 23.1 Å². The number of rotatable bonds is 5. The molecule has 2 rings (SSSR count). The van der Waals surface area contributed by atoms with Crippen LogP contribution >= 0.6 is 0 Å². The maximum absolute atomic E-state index is 11.5. The van der Waals surface area contributed by atoms with E-state index in [1.807, 2.05) is 0 Å². The van der Waals surface area contributed by atoms with Crippen molar-refractivity contribution in [2.75, 3.05) is 5.32 Å². The van der Waals surface area contributed by atoms with Gasteiger partial charge in [0.1, 0.15) is 5.69 Å². The van der Waals surface area contributed by atoms with Gasteiger partial charge in [-0.3, -0.25) is 14.6 Å². The van der Waals surface area contributed by atoms with Gasteiger partial charge in [0.25, 0.3) is 0 Å². The van der Waals surface area contributed by atoms with Gasteiger partial charge >= 0.3 is 5.97 Å². The third kappa shape index (κ3) is 2.94. The van der Waals surface area contributed by atoms with E-state index in [-0.39, 0.29) is 23.8 Å². The normalized spacial score (nSPS) is 10.2. The largest absolute Gasteiger partial charge is 0.477 e. The van der Waals surface area contributed by atoms with Gasteiger partial charge in [0, 0.05) is 31.4 Å². The molecular weight excluding hydrogens is 238 g/mol. The van der Waals surface area contributed by atoms with Gasteiger partial charge in [-0.2, -0.15) is 10.2 Å². The van der Waals surface area contributed by atoms with Gasteiger partial charge in [0.05, 0.1) is 0 Å². The quantitative estimate of drug-likeness (QED) is 0.706. The number of H-pyrrole nitrogens is 1. The molecule has 0 aliphatic rings. The Morgan fingerprint density at radius 3 is 2.94 bits per heavy atom. The van der Waals surface area contributed by atoms with Crippen molar-refractivity contribution in [1.29, 1.82) is 0 Å². The van der Waals surface area contributed by atoms with E-state index in [2.05, 4.69) is 20.6 Å². The summed E-state index contributed by atoms with van der Waals surface area (Å²) in [5.74, 6) is -1.19. The maximum atomic E-state index is 11.5. The van der Waals surface area contributed by atoms with Crippen LogP contribution in [0.1, 0.15) is 16.9 Å². The molecule has 0 aliphatic heterocycles. The van der Waals surface area contributed by atoms with Crippen LogP contribution in [0.2, 0.25) is 0 Å². The number of carboxylic acid groups (broad SMARTS) is 1.